The van der Waals surface area contributed by atoms with Crippen LogP contribution in [0.3, 0.4) is 0 Å². The summed E-state index contributed by atoms with van der Waals surface area (Å²) in [6.45, 7) is 0.783. The molecule has 2 N–H and O–H groups in total. The van der Waals surface area contributed by atoms with Crippen molar-refractivity contribution in [1.82, 2.24) is 15.0 Å². The Kier molecular flexibility index (Phi) is 4.25. The molecule has 0 fully saturated rings. The number of benzene rings is 1. The summed E-state index contributed by atoms with van der Waals surface area (Å²) in [6.07, 6.45) is 2.22. The molecule has 2 heterocycles. The second kappa shape index (κ2) is 6.35. The molecule has 0 unspecified atom stereocenters. The van der Waals surface area contributed by atoms with Crippen molar-refractivity contribution in [2.45, 2.75) is 6.54 Å². The van der Waals surface area contributed by atoms with E-state index < -0.39 is 10.0 Å². The third kappa shape index (κ3) is 4.13. The Morgan fingerprint density at radius 3 is 2.79 bits per heavy atom. The molecule has 1 aliphatic rings. The molecule has 0 atom stereocenters. The molecule has 0 spiro atoms. The predicted octanol–water partition coefficient (Wildman–Crippen LogP) is 0.0595. The van der Waals surface area contributed by atoms with Crippen molar-refractivity contribution >= 4 is 27.4 Å². The number of hydrogen-bond acceptors (Lipinski definition) is 7. The zero-order valence-electron chi connectivity index (χ0n) is 12.7. The third-order valence-electron chi connectivity index (χ3n) is 2.94. The molecule has 0 saturated carbocycles. The first kappa shape index (κ1) is 16.1. The average molecular weight is 353 g/mol. The topological polar surface area (TPSA) is 124 Å². The summed E-state index contributed by atoms with van der Waals surface area (Å²) in [4.78, 5) is 13.1. The van der Waals surface area contributed by atoms with Crippen molar-refractivity contribution in [2.75, 3.05) is 29.5 Å². The maximum absolute atomic E-state index is 12.0. The number of anilines is 2. The van der Waals surface area contributed by atoms with Gasteiger partial charge in [0.2, 0.25) is 15.9 Å². The molecule has 24 heavy (non-hydrogen) atoms. The molecule has 128 valence electrons. The summed E-state index contributed by atoms with van der Waals surface area (Å²) >= 11 is 0. The van der Waals surface area contributed by atoms with Gasteiger partial charge in [-0.1, -0.05) is 0 Å². The van der Waals surface area contributed by atoms with E-state index in [1.807, 2.05) is 0 Å². The van der Waals surface area contributed by atoms with Crippen LogP contribution < -0.4 is 19.5 Å². The van der Waals surface area contributed by atoms with Gasteiger partial charge in [0.1, 0.15) is 19.8 Å². The molecule has 2 aromatic rings. The molecule has 1 aliphatic heterocycles. The minimum absolute atomic E-state index is 0.0460. The quantitative estimate of drug-likeness (QED) is 0.779. The lowest BCUT2D eigenvalue weighted by Crippen LogP contribution is -2.21. The van der Waals surface area contributed by atoms with Crippen molar-refractivity contribution in [3.8, 4) is 11.5 Å². The van der Waals surface area contributed by atoms with Crippen LogP contribution in [0.25, 0.3) is 0 Å². The van der Waals surface area contributed by atoms with E-state index in [-0.39, 0.29) is 18.3 Å². The summed E-state index contributed by atoms with van der Waals surface area (Å²) in [5.74, 6) is 0.873. The Hall–Kier alpha value is -2.82. The molecule has 10 nitrogen and oxygen atoms in total. The highest BCUT2D eigenvalue weighted by molar-refractivity contribution is 7.92. The number of amides is 1. The molecule has 0 aliphatic carbocycles. The van der Waals surface area contributed by atoms with Gasteiger partial charge in [-0.3, -0.25) is 9.52 Å². The van der Waals surface area contributed by atoms with Crippen molar-refractivity contribution in [3.63, 3.8) is 0 Å². The second-order valence-corrected chi connectivity index (χ2v) is 6.79. The highest BCUT2D eigenvalue weighted by atomic mass is 32.2. The Morgan fingerprint density at radius 1 is 1.29 bits per heavy atom. The van der Waals surface area contributed by atoms with Crippen LogP contribution in [0.5, 0.6) is 11.5 Å². The van der Waals surface area contributed by atoms with Gasteiger partial charge in [-0.15, -0.1) is 5.10 Å². The summed E-state index contributed by atoms with van der Waals surface area (Å²) in [7, 11) is -3.44. The van der Waals surface area contributed by atoms with E-state index in [1.165, 1.54) is 6.20 Å². The summed E-state index contributed by atoms with van der Waals surface area (Å²) in [5, 5.41) is 10.4. The number of aromatic nitrogens is 3. The molecule has 0 bridgehead atoms. The van der Waals surface area contributed by atoms with Gasteiger partial charge < -0.3 is 14.8 Å². The van der Waals surface area contributed by atoms with Gasteiger partial charge in [0.25, 0.3) is 0 Å². The van der Waals surface area contributed by atoms with Crippen molar-refractivity contribution < 1.29 is 22.7 Å². The van der Waals surface area contributed by atoms with Crippen LogP contribution >= 0.6 is 0 Å². The van der Waals surface area contributed by atoms with E-state index in [2.05, 4.69) is 20.2 Å². The highest BCUT2D eigenvalue weighted by Gasteiger charge is 2.14. The molecule has 1 amide bonds. The fourth-order valence-electron chi connectivity index (χ4n) is 2.06. The van der Waals surface area contributed by atoms with Crippen LogP contribution in [0.15, 0.2) is 24.4 Å². The van der Waals surface area contributed by atoms with Crippen LogP contribution in [0.4, 0.5) is 11.5 Å². The Balaban J connectivity index is 1.61. The summed E-state index contributed by atoms with van der Waals surface area (Å²) < 4.78 is 35.2. The third-order valence-corrected chi connectivity index (χ3v) is 3.52. The van der Waals surface area contributed by atoms with E-state index >= 15 is 0 Å². The van der Waals surface area contributed by atoms with E-state index in [1.54, 1.807) is 18.2 Å². The monoisotopic (exact) mass is 353 g/mol. The van der Waals surface area contributed by atoms with Gasteiger partial charge in [-0.2, -0.15) is 9.90 Å². The van der Waals surface area contributed by atoms with Gasteiger partial charge in [0, 0.05) is 11.8 Å². The van der Waals surface area contributed by atoms with E-state index in [9.17, 15) is 13.2 Å². The number of rotatable bonds is 5. The van der Waals surface area contributed by atoms with Crippen LogP contribution in [0.2, 0.25) is 0 Å². The first-order valence-corrected chi connectivity index (χ1v) is 8.86. The maximum Gasteiger partial charge on any atom is 0.247 e. The fraction of sp³-hybridized carbons (Fsp3) is 0.308. The SMILES string of the molecule is CS(=O)(=O)Nc1cnn(CC(=O)Nc2ccc3c(c2)OCCO3)n1. The number of fused-ring (bicyclic) bond motifs is 1. The first-order valence-electron chi connectivity index (χ1n) is 6.96. The predicted molar refractivity (Wildman–Crippen MR) is 84.6 cm³/mol. The fourth-order valence-corrected chi connectivity index (χ4v) is 2.53. The largest absolute Gasteiger partial charge is 0.486 e. The Bertz CT molecular complexity index is 863. The number of nitrogens with one attached hydrogen (secondary N) is 2. The van der Waals surface area contributed by atoms with Crippen molar-refractivity contribution in [3.05, 3.63) is 24.4 Å². The van der Waals surface area contributed by atoms with Crippen LogP contribution in [-0.4, -0.2) is 48.8 Å². The molecule has 1 aromatic heterocycles. The number of hydrogen-bond donors (Lipinski definition) is 2. The normalized spacial score (nSPS) is 13.4. The number of carbonyl (C=O) groups is 1. The first-order chi connectivity index (χ1) is 11.4. The Morgan fingerprint density at radius 2 is 2.04 bits per heavy atom. The molecular formula is C13H15N5O5S. The van der Waals surface area contributed by atoms with Crippen LogP contribution in [0.1, 0.15) is 0 Å². The average Bonchev–Trinajstić information content (AvgIpc) is 2.91. The smallest absolute Gasteiger partial charge is 0.247 e. The minimum atomic E-state index is -3.44. The number of carbonyl (C=O) groups excluding carboxylic acids is 1. The zero-order valence-corrected chi connectivity index (χ0v) is 13.5. The number of sulfonamides is 1. The second-order valence-electron chi connectivity index (χ2n) is 5.04. The molecule has 1 aromatic carbocycles. The molecule has 0 saturated heterocycles. The number of nitrogens with zero attached hydrogens (tertiary/aromatic N) is 3. The molecule has 11 heteroatoms. The maximum atomic E-state index is 12.0. The Labute approximate surface area is 137 Å². The zero-order chi connectivity index (χ0) is 17.2. The van der Waals surface area contributed by atoms with Gasteiger partial charge in [-0.25, -0.2) is 8.42 Å². The standard InChI is InChI=1S/C13H15N5O5S/c1-24(20,21)17-12-7-14-18(16-12)8-13(19)15-9-2-3-10-11(6-9)23-5-4-22-10/h2-3,6-7H,4-5,8H2,1H3,(H,15,19)(H,16,17). The lowest BCUT2D eigenvalue weighted by Gasteiger charge is -2.18. The highest BCUT2D eigenvalue weighted by Crippen LogP contribution is 2.32. The summed E-state index contributed by atoms with van der Waals surface area (Å²) in [5.41, 5.74) is 0.547. The number of ether oxygens (including phenoxy) is 2. The van der Waals surface area contributed by atoms with E-state index in [4.69, 9.17) is 9.47 Å². The molecule has 3 rings (SSSR count). The van der Waals surface area contributed by atoms with Gasteiger partial charge in [0.15, 0.2) is 17.3 Å². The molecular weight excluding hydrogens is 338 g/mol. The van der Waals surface area contributed by atoms with Gasteiger partial charge in [0.05, 0.1) is 12.5 Å². The lowest BCUT2D eigenvalue weighted by atomic mass is 10.2. The van der Waals surface area contributed by atoms with Gasteiger partial charge >= 0.3 is 0 Å². The van der Waals surface area contributed by atoms with Crippen LogP contribution in [0, 0.1) is 0 Å². The van der Waals surface area contributed by atoms with E-state index in [0.29, 0.717) is 30.4 Å². The van der Waals surface area contributed by atoms with Gasteiger partial charge in [-0.05, 0) is 12.1 Å². The molecule has 0 radical (unpaired) electrons. The lowest BCUT2D eigenvalue weighted by molar-refractivity contribution is -0.117. The minimum Gasteiger partial charge on any atom is -0.486 e. The van der Waals surface area contributed by atoms with Crippen LogP contribution in [-0.2, 0) is 21.4 Å². The summed E-state index contributed by atoms with van der Waals surface area (Å²) in [6, 6.07) is 5.07. The van der Waals surface area contributed by atoms with Crippen molar-refractivity contribution in [1.29, 1.82) is 0 Å². The van der Waals surface area contributed by atoms with Crippen molar-refractivity contribution in [2.24, 2.45) is 0 Å². The van der Waals surface area contributed by atoms with E-state index in [0.717, 1.165) is 11.1 Å².